The average molecular weight is 309 g/mol. The van der Waals surface area contributed by atoms with Gasteiger partial charge in [-0.05, 0) is 43.7 Å². The lowest BCUT2D eigenvalue weighted by atomic mass is 9.90. The average Bonchev–Trinajstić information content (AvgIpc) is 2.79. The normalized spacial score (nSPS) is 22.3. The number of rotatable bonds is 4. The third kappa shape index (κ3) is 3.28. The number of thiophene rings is 1. The van der Waals surface area contributed by atoms with Crippen molar-refractivity contribution in [2.75, 3.05) is 6.54 Å². The number of aryl methyl sites for hydroxylation is 2. The van der Waals surface area contributed by atoms with Crippen molar-refractivity contribution in [2.45, 2.75) is 52.5 Å². The number of aliphatic carboxylic acids is 1. The summed E-state index contributed by atoms with van der Waals surface area (Å²) in [6.07, 6.45) is 3.76. The van der Waals surface area contributed by atoms with E-state index in [0.717, 1.165) is 30.6 Å². The number of carboxylic acid groups (broad SMARTS) is 1. The van der Waals surface area contributed by atoms with Crippen LogP contribution in [0.3, 0.4) is 0 Å². The second-order valence-electron chi connectivity index (χ2n) is 5.84. The number of piperidine rings is 1. The molecule has 21 heavy (non-hydrogen) atoms. The van der Waals surface area contributed by atoms with E-state index in [-0.39, 0.29) is 11.8 Å². The number of carboxylic acids is 1. The first-order valence-corrected chi connectivity index (χ1v) is 8.40. The van der Waals surface area contributed by atoms with E-state index >= 15 is 0 Å². The molecule has 1 N–H and O–H groups in total. The van der Waals surface area contributed by atoms with Crippen LogP contribution in [0.2, 0.25) is 0 Å². The molecule has 2 rings (SSSR count). The second-order valence-corrected chi connectivity index (χ2v) is 7.10. The van der Waals surface area contributed by atoms with Crippen LogP contribution < -0.4 is 0 Å². The van der Waals surface area contributed by atoms with Crippen molar-refractivity contribution in [3.05, 3.63) is 21.4 Å². The third-order valence-corrected chi connectivity index (χ3v) is 5.28. The highest BCUT2D eigenvalue weighted by atomic mass is 32.1. The number of hydrogen-bond acceptors (Lipinski definition) is 3. The number of amides is 1. The molecule has 5 heteroatoms. The van der Waals surface area contributed by atoms with Gasteiger partial charge in [-0.25, -0.2) is 4.79 Å². The Bertz CT molecular complexity index is 538. The molecule has 2 atom stereocenters. The summed E-state index contributed by atoms with van der Waals surface area (Å²) >= 11 is 1.49. The van der Waals surface area contributed by atoms with E-state index in [4.69, 9.17) is 0 Å². The van der Waals surface area contributed by atoms with E-state index in [0.29, 0.717) is 11.4 Å². The van der Waals surface area contributed by atoms with Gasteiger partial charge in [0, 0.05) is 11.4 Å². The van der Waals surface area contributed by atoms with Gasteiger partial charge in [-0.15, -0.1) is 11.3 Å². The van der Waals surface area contributed by atoms with Crippen LogP contribution in [0.15, 0.2) is 6.07 Å². The minimum absolute atomic E-state index is 0.0105. The predicted molar refractivity (Wildman–Crippen MR) is 83.9 cm³/mol. The first kappa shape index (κ1) is 16.0. The van der Waals surface area contributed by atoms with Gasteiger partial charge in [0.15, 0.2) is 0 Å². The van der Waals surface area contributed by atoms with Crippen molar-refractivity contribution >= 4 is 23.2 Å². The number of hydrogen-bond donors (Lipinski definition) is 1. The molecule has 116 valence electrons. The zero-order valence-electron chi connectivity index (χ0n) is 12.9. The second kappa shape index (κ2) is 6.60. The van der Waals surface area contributed by atoms with Crippen LogP contribution >= 0.6 is 11.3 Å². The van der Waals surface area contributed by atoms with E-state index in [9.17, 15) is 14.7 Å². The number of nitrogens with zero attached hydrogens (tertiary/aromatic N) is 1. The molecule has 2 heterocycles. The van der Waals surface area contributed by atoms with Crippen LogP contribution in [-0.4, -0.2) is 34.5 Å². The van der Waals surface area contributed by atoms with E-state index in [1.807, 2.05) is 19.9 Å². The van der Waals surface area contributed by atoms with Crippen molar-refractivity contribution in [2.24, 2.45) is 5.92 Å². The van der Waals surface area contributed by atoms with Crippen LogP contribution in [0.25, 0.3) is 0 Å². The molecule has 2 unspecified atom stereocenters. The van der Waals surface area contributed by atoms with Crippen LogP contribution in [0.1, 0.15) is 53.2 Å². The van der Waals surface area contributed by atoms with Gasteiger partial charge in [0.1, 0.15) is 6.04 Å². The van der Waals surface area contributed by atoms with Gasteiger partial charge < -0.3 is 10.0 Å². The molecule has 4 nitrogen and oxygen atoms in total. The molecule has 1 aliphatic heterocycles. The van der Waals surface area contributed by atoms with Crippen molar-refractivity contribution < 1.29 is 14.7 Å². The van der Waals surface area contributed by atoms with Crippen LogP contribution in [0.4, 0.5) is 0 Å². The lowest BCUT2D eigenvalue weighted by Gasteiger charge is -2.37. The molecule has 0 saturated carbocycles. The molecule has 0 spiro atoms. The summed E-state index contributed by atoms with van der Waals surface area (Å²) in [5.41, 5.74) is 1.21. The highest BCUT2D eigenvalue weighted by Crippen LogP contribution is 2.29. The Morgan fingerprint density at radius 2 is 2.19 bits per heavy atom. The molecule has 1 amide bonds. The van der Waals surface area contributed by atoms with E-state index in [1.54, 1.807) is 4.90 Å². The van der Waals surface area contributed by atoms with Crippen molar-refractivity contribution in [1.29, 1.82) is 0 Å². The summed E-state index contributed by atoms with van der Waals surface area (Å²) in [6, 6.07) is 1.26. The fourth-order valence-electron chi connectivity index (χ4n) is 3.08. The van der Waals surface area contributed by atoms with E-state index in [2.05, 4.69) is 6.92 Å². The van der Waals surface area contributed by atoms with E-state index in [1.165, 1.54) is 16.9 Å². The zero-order valence-corrected chi connectivity index (χ0v) is 13.7. The van der Waals surface area contributed by atoms with Crippen molar-refractivity contribution in [3.63, 3.8) is 0 Å². The van der Waals surface area contributed by atoms with Gasteiger partial charge in [-0.1, -0.05) is 20.3 Å². The van der Waals surface area contributed by atoms with E-state index < -0.39 is 12.0 Å². The molecule has 1 saturated heterocycles. The molecule has 1 fully saturated rings. The SMILES string of the molecule is CCCc1cc(C(=O)N2CCCC(C)C2C(=O)O)sc1C. The quantitative estimate of drug-likeness (QED) is 0.928. The molecule has 0 aromatic carbocycles. The van der Waals surface area contributed by atoms with Crippen LogP contribution in [0, 0.1) is 12.8 Å². The Kier molecular flexibility index (Phi) is 5.04. The van der Waals surface area contributed by atoms with Gasteiger partial charge in [0.2, 0.25) is 0 Å². The van der Waals surface area contributed by atoms with Crippen molar-refractivity contribution in [1.82, 2.24) is 4.90 Å². The van der Waals surface area contributed by atoms with Gasteiger partial charge in [0.25, 0.3) is 5.91 Å². The maximum absolute atomic E-state index is 12.7. The molecule has 1 aliphatic rings. The molecule has 1 aromatic rings. The third-order valence-electron chi connectivity index (χ3n) is 4.20. The van der Waals surface area contributed by atoms with Gasteiger partial charge in [-0.3, -0.25) is 4.79 Å². The molecule has 0 aliphatic carbocycles. The summed E-state index contributed by atoms with van der Waals surface area (Å²) < 4.78 is 0. The van der Waals surface area contributed by atoms with Crippen LogP contribution in [0.5, 0.6) is 0 Å². The Morgan fingerprint density at radius 3 is 2.81 bits per heavy atom. The maximum atomic E-state index is 12.7. The fourth-order valence-corrected chi connectivity index (χ4v) is 4.10. The topological polar surface area (TPSA) is 57.6 Å². The number of likely N-dealkylation sites (tertiary alicyclic amines) is 1. The van der Waals surface area contributed by atoms with Gasteiger partial charge in [-0.2, -0.15) is 0 Å². The monoisotopic (exact) mass is 309 g/mol. The fraction of sp³-hybridized carbons (Fsp3) is 0.625. The first-order chi connectivity index (χ1) is 9.95. The lowest BCUT2D eigenvalue weighted by molar-refractivity contribution is -0.145. The molecule has 0 radical (unpaired) electrons. The minimum Gasteiger partial charge on any atom is -0.480 e. The van der Waals surface area contributed by atoms with Gasteiger partial charge in [0.05, 0.1) is 4.88 Å². The zero-order chi connectivity index (χ0) is 15.6. The minimum atomic E-state index is -0.891. The summed E-state index contributed by atoms with van der Waals surface area (Å²) in [5, 5.41) is 9.43. The smallest absolute Gasteiger partial charge is 0.326 e. The highest BCUT2D eigenvalue weighted by Gasteiger charge is 2.37. The highest BCUT2D eigenvalue weighted by molar-refractivity contribution is 7.14. The molecular formula is C16H23NO3S. The lowest BCUT2D eigenvalue weighted by Crippen LogP contribution is -2.51. The Hall–Kier alpha value is -1.36. The predicted octanol–water partition coefficient (Wildman–Crippen LogP) is 3.33. The molecule has 1 aromatic heterocycles. The number of carbonyl (C=O) groups is 2. The van der Waals surface area contributed by atoms with Crippen LogP contribution in [-0.2, 0) is 11.2 Å². The molecular weight excluding hydrogens is 286 g/mol. The Morgan fingerprint density at radius 1 is 1.48 bits per heavy atom. The summed E-state index contributed by atoms with van der Waals surface area (Å²) in [5.74, 6) is -1.00. The Balaban J connectivity index is 2.25. The van der Waals surface area contributed by atoms with Gasteiger partial charge >= 0.3 is 5.97 Å². The van der Waals surface area contributed by atoms with Crippen molar-refractivity contribution in [3.8, 4) is 0 Å². The standard InChI is InChI=1S/C16H23NO3S/c1-4-6-12-9-13(21-11(12)3)15(18)17-8-5-7-10(2)14(17)16(19)20/h9-10,14H,4-8H2,1-3H3,(H,19,20). The maximum Gasteiger partial charge on any atom is 0.326 e. The number of carbonyl (C=O) groups excluding carboxylic acids is 1. The summed E-state index contributed by atoms with van der Waals surface area (Å²) in [4.78, 5) is 27.6. The largest absolute Gasteiger partial charge is 0.480 e. The first-order valence-electron chi connectivity index (χ1n) is 7.58. The summed E-state index contributed by atoms with van der Waals surface area (Å²) in [7, 11) is 0. The Labute approximate surface area is 129 Å². The summed E-state index contributed by atoms with van der Waals surface area (Å²) in [6.45, 7) is 6.60. The molecule has 0 bridgehead atoms.